The molecule has 0 bridgehead atoms. The van der Waals surface area contributed by atoms with Gasteiger partial charge in [-0.05, 0) is 24.1 Å². The number of carbonyl (C=O) groups excluding carboxylic acids is 1. The summed E-state index contributed by atoms with van der Waals surface area (Å²) in [6.07, 6.45) is -14.6. The van der Waals surface area contributed by atoms with Crippen LogP contribution in [0, 0.1) is 0 Å². The molecular formula is C22H32O13. The molecule has 3 rings (SSSR count). The first-order valence-corrected chi connectivity index (χ1v) is 11.1. The Balaban J connectivity index is 1.76. The van der Waals surface area contributed by atoms with Crippen molar-refractivity contribution in [2.24, 2.45) is 0 Å². The van der Waals surface area contributed by atoms with E-state index in [-0.39, 0.29) is 30.9 Å². The standard InChI is InChI=1S/C22H32O13/c1-9(24)33-21-20(34-14-7-13(27)16(28)19(31)17(14)29)18(30)15(8-23)35-22(21)32-5-4-10-2-3-11(25)12(26)6-10/h2-3,6,13-23,25-31H,4-5,7-8H2,1H3. The molecular weight excluding hydrogens is 472 g/mol. The highest BCUT2D eigenvalue weighted by atomic mass is 16.7. The first-order chi connectivity index (χ1) is 16.5. The highest BCUT2D eigenvalue weighted by Crippen LogP contribution is 2.32. The normalized spacial score (nSPS) is 37.7. The number of aromatic hydroxyl groups is 2. The number of aliphatic hydroxyl groups is 6. The van der Waals surface area contributed by atoms with Crippen LogP contribution in [0.4, 0.5) is 0 Å². The summed E-state index contributed by atoms with van der Waals surface area (Å²) >= 11 is 0. The smallest absolute Gasteiger partial charge is 0.303 e. The lowest BCUT2D eigenvalue weighted by Gasteiger charge is -2.46. The number of carbonyl (C=O) groups is 1. The molecule has 0 radical (unpaired) electrons. The molecule has 1 saturated carbocycles. The van der Waals surface area contributed by atoms with Crippen LogP contribution in [0.2, 0.25) is 0 Å². The van der Waals surface area contributed by atoms with E-state index in [0.29, 0.717) is 5.56 Å². The molecule has 1 saturated heterocycles. The highest BCUT2D eigenvalue weighted by molar-refractivity contribution is 5.66. The van der Waals surface area contributed by atoms with Gasteiger partial charge in [0.25, 0.3) is 0 Å². The van der Waals surface area contributed by atoms with Gasteiger partial charge in [-0.15, -0.1) is 0 Å². The molecule has 13 nitrogen and oxygen atoms in total. The summed E-state index contributed by atoms with van der Waals surface area (Å²) < 4.78 is 22.3. The van der Waals surface area contributed by atoms with Crippen molar-refractivity contribution in [3.05, 3.63) is 23.8 Å². The second kappa shape index (κ2) is 11.8. The lowest BCUT2D eigenvalue weighted by atomic mass is 9.86. The fraction of sp³-hybridized carbons (Fsp3) is 0.682. The van der Waals surface area contributed by atoms with E-state index in [4.69, 9.17) is 18.9 Å². The summed E-state index contributed by atoms with van der Waals surface area (Å²) in [7, 11) is 0. The molecule has 1 heterocycles. The maximum absolute atomic E-state index is 11.8. The number of benzene rings is 1. The molecule has 198 valence electrons. The van der Waals surface area contributed by atoms with E-state index in [2.05, 4.69) is 0 Å². The molecule has 0 amide bonds. The largest absolute Gasteiger partial charge is 0.504 e. The molecule has 2 fully saturated rings. The van der Waals surface area contributed by atoms with Gasteiger partial charge in [0.15, 0.2) is 23.9 Å². The lowest BCUT2D eigenvalue weighted by molar-refractivity contribution is -0.323. The summed E-state index contributed by atoms with van der Waals surface area (Å²) in [4.78, 5) is 11.8. The quantitative estimate of drug-likeness (QED) is 0.133. The Bertz CT molecular complexity index is 851. The molecule has 8 N–H and O–H groups in total. The average molecular weight is 504 g/mol. The predicted octanol–water partition coefficient (Wildman–Crippen LogP) is -2.73. The zero-order valence-electron chi connectivity index (χ0n) is 19.0. The Labute approximate surface area is 200 Å². The van der Waals surface area contributed by atoms with Crippen molar-refractivity contribution in [1.29, 1.82) is 0 Å². The summed E-state index contributed by atoms with van der Waals surface area (Å²) in [6, 6.07) is 4.21. The van der Waals surface area contributed by atoms with Gasteiger partial charge in [-0.2, -0.15) is 0 Å². The van der Waals surface area contributed by atoms with E-state index in [1.54, 1.807) is 6.07 Å². The van der Waals surface area contributed by atoms with Gasteiger partial charge in [-0.3, -0.25) is 4.79 Å². The number of hydrogen-bond donors (Lipinski definition) is 8. The van der Waals surface area contributed by atoms with Crippen molar-refractivity contribution in [2.45, 2.75) is 81.0 Å². The molecule has 1 aliphatic carbocycles. The predicted molar refractivity (Wildman–Crippen MR) is 114 cm³/mol. The van der Waals surface area contributed by atoms with Crippen LogP contribution >= 0.6 is 0 Å². The van der Waals surface area contributed by atoms with Gasteiger partial charge in [0.2, 0.25) is 0 Å². The second-order valence-corrected chi connectivity index (χ2v) is 8.65. The topological polar surface area (TPSA) is 216 Å². The Morgan fingerprint density at radius 1 is 1.00 bits per heavy atom. The number of ether oxygens (including phenoxy) is 4. The van der Waals surface area contributed by atoms with Crippen LogP contribution in [-0.2, 0) is 30.2 Å². The molecule has 2 aliphatic rings. The zero-order valence-corrected chi connectivity index (χ0v) is 19.0. The SMILES string of the molecule is CC(=O)OC1C(OCCc2ccc(O)c(O)c2)OC(CO)C(O)C1OC1CC(O)C(O)C(O)C1O. The van der Waals surface area contributed by atoms with E-state index >= 15 is 0 Å². The molecule has 13 heteroatoms. The van der Waals surface area contributed by atoms with Crippen molar-refractivity contribution in [3.8, 4) is 11.5 Å². The second-order valence-electron chi connectivity index (χ2n) is 8.65. The first-order valence-electron chi connectivity index (χ1n) is 11.1. The van der Waals surface area contributed by atoms with Gasteiger partial charge in [-0.25, -0.2) is 0 Å². The van der Waals surface area contributed by atoms with Crippen molar-refractivity contribution >= 4 is 5.97 Å². The van der Waals surface area contributed by atoms with E-state index in [1.165, 1.54) is 12.1 Å². The van der Waals surface area contributed by atoms with Crippen LogP contribution in [0.3, 0.4) is 0 Å². The molecule has 35 heavy (non-hydrogen) atoms. The number of esters is 1. The maximum Gasteiger partial charge on any atom is 0.303 e. The zero-order chi connectivity index (χ0) is 25.9. The third-order valence-corrected chi connectivity index (χ3v) is 6.09. The maximum atomic E-state index is 11.8. The number of phenols is 2. The molecule has 10 atom stereocenters. The number of phenolic OH excluding ortho intramolecular Hbond substituents is 2. The van der Waals surface area contributed by atoms with Gasteiger partial charge in [0.05, 0.1) is 25.4 Å². The molecule has 0 aromatic heterocycles. The first kappa shape index (κ1) is 27.5. The summed E-state index contributed by atoms with van der Waals surface area (Å²) in [5.41, 5.74) is 0.610. The van der Waals surface area contributed by atoms with E-state index < -0.39 is 73.8 Å². The van der Waals surface area contributed by atoms with Crippen LogP contribution in [0.25, 0.3) is 0 Å². The minimum atomic E-state index is -1.73. The highest BCUT2D eigenvalue weighted by Gasteiger charge is 2.52. The van der Waals surface area contributed by atoms with Crippen molar-refractivity contribution in [1.82, 2.24) is 0 Å². The Kier molecular flexibility index (Phi) is 9.26. The van der Waals surface area contributed by atoms with Crippen molar-refractivity contribution in [3.63, 3.8) is 0 Å². The Morgan fingerprint density at radius 2 is 1.71 bits per heavy atom. The third-order valence-electron chi connectivity index (χ3n) is 6.09. The van der Waals surface area contributed by atoms with Crippen LogP contribution in [-0.4, -0.2) is 121 Å². The van der Waals surface area contributed by atoms with Gasteiger partial charge in [0, 0.05) is 13.3 Å². The molecule has 10 unspecified atom stereocenters. The van der Waals surface area contributed by atoms with Crippen LogP contribution in [0.5, 0.6) is 11.5 Å². The fourth-order valence-electron chi connectivity index (χ4n) is 4.17. The third kappa shape index (κ3) is 6.39. The monoisotopic (exact) mass is 504 g/mol. The van der Waals surface area contributed by atoms with E-state index in [1.807, 2.05) is 0 Å². The molecule has 1 aromatic rings. The summed E-state index contributed by atoms with van der Waals surface area (Å²) in [6.45, 7) is 0.428. The number of hydrogen-bond acceptors (Lipinski definition) is 13. The summed E-state index contributed by atoms with van der Waals surface area (Å²) in [5, 5.41) is 79.5. The van der Waals surface area contributed by atoms with Crippen LogP contribution in [0.1, 0.15) is 18.9 Å². The number of rotatable bonds is 8. The van der Waals surface area contributed by atoms with E-state index in [0.717, 1.165) is 6.92 Å². The van der Waals surface area contributed by atoms with Crippen molar-refractivity contribution < 1.29 is 64.6 Å². The lowest BCUT2D eigenvalue weighted by Crippen LogP contribution is -2.64. The number of aliphatic hydroxyl groups excluding tert-OH is 6. The van der Waals surface area contributed by atoms with Crippen molar-refractivity contribution in [2.75, 3.05) is 13.2 Å². The van der Waals surface area contributed by atoms with Gasteiger partial charge < -0.3 is 59.8 Å². The van der Waals surface area contributed by atoms with Gasteiger partial charge >= 0.3 is 5.97 Å². The van der Waals surface area contributed by atoms with Crippen LogP contribution < -0.4 is 0 Å². The Morgan fingerprint density at radius 3 is 2.34 bits per heavy atom. The fourth-order valence-corrected chi connectivity index (χ4v) is 4.17. The molecule has 1 aliphatic heterocycles. The van der Waals surface area contributed by atoms with Gasteiger partial charge in [-0.1, -0.05) is 6.07 Å². The van der Waals surface area contributed by atoms with E-state index in [9.17, 15) is 45.6 Å². The molecule has 0 spiro atoms. The van der Waals surface area contributed by atoms with Gasteiger partial charge in [0.1, 0.15) is 36.6 Å². The minimum Gasteiger partial charge on any atom is -0.504 e. The average Bonchev–Trinajstić information content (AvgIpc) is 2.81. The minimum absolute atomic E-state index is 0.0245. The summed E-state index contributed by atoms with van der Waals surface area (Å²) in [5.74, 6) is -1.36. The Hall–Kier alpha value is -2.07. The van der Waals surface area contributed by atoms with Crippen LogP contribution in [0.15, 0.2) is 18.2 Å². The molecule has 1 aromatic carbocycles.